The zero-order valence-electron chi connectivity index (χ0n) is 11.4. The highest BCUT2D eigenvalue weighted by Gasteiger charge is 2.41. The average Bonchev–Trinajstić information content (AvgIpc) is 2.60. The Morgan fingerprint density at radius 2 is 2.17 bits per heavy atom. The molecule has 0 aliphatic heterocycles. The number of hydrogen-bond acceptors (Lipinski definition) is 2. The van der Waals surface area contributed by atoms with E-state index in [1.165, 1.54) is 5.56 Å². The molecule has 0 spiro atoms. The number of hydrogen-bond donors (Lipinski definition) is 1. The molecule has 1 aliphatic rings. The van der Waals surface area contributed by atoms with Gasteiger partial charge in [0.15, 0.2) is 0 Å². The van der Waals surface area contributed by atoms with Crippen molar-refractivity contribution < 1.29 is 14.6 Å². The third-order valence-corrected chi connectivity index (χ3v) is 4.11. The lowest BCUT2D eigenvalue weighted by Crippen LogP contribution is -2.19. The molecule has 2 rings (SSSR count). The highest BCUT2D eigenvalue weighted by molar-refractivity contribution is 5.71. The number of benzene rings is 1. The van der Waals surface area contributed by atoms with Gasteiger partial charge in [-0.3, -0.25) is 4.79 Å². The molecule has 98 valence electrons. The Kier molecular flexibility index (Phi) is 3.09. The van der Waals surface area contributed by atoms with Crippen LogP contribution in [0.3, 0.4) is 0 Å². The molecular weight excluding hydrogens is 228 g/mol. The Morgan fingerprint density at radius 3 is 2.72 bits per heavy atom. The van der Waals surface area contributed by atoms with E-state index in [0.717, 1.165) is 17.7 Å². The first-order valence-electron chi connectivity index (χ1n) is 6.28. The molecule has 0 saturated heterocycles. The summed E-state index contributed by atoms with van der Waals surface area (Å²) >= 11 is 0. The predicted octanol–water partition coefficient (Wildman–Crippen LogP) is 3.18. The first-order chi connectivity index (χ1) is 8.36. The van der Waals surface area contributed by atoms with Crippen LogP contribution < -0.4 is 4.74 Å². The fourth-order valence-corrected chi connectivity index (χ4v) is 2.96. The molecule has 0 fully saturated rings. The molecule has 0 bridgehead atoms. The summed E-state index contributed by atoms with van der Waals surface area (Å²) in [7, 11) is 1.65. The minimum Gasteiger partial charge on any atom is -0.497 e. The number of methoxy groups -OCH3 is 1. The standard InChI is InChI=1S/C15H20O3/c1-9(14(16)17)12-8-15(2,3)13-7-10(18-4)5-6-11(12)13/h5-7,9,12H,8H2,1-4H3,(H,16,17). The van der Waals surface area contributed by atoms with Crippen LogP contribution in [0.15, 0.2) is 18.2 Å². The van der Waals surface area contributed by atoms with Gasteiger partial charge in [-0.15, -0.1) is 0 Å². The molecule has 0 amide bonds. The van der Waals surface area contributed by atoms with Crippen molar-refractivity contribution >= 4 is 5.97 Å². The van der Waals surface area contributed by atoms with Gasteiger partial charge in [-0.2, -0.15) is 0 Å². The molecule has 0 saturated carbocycles. The fraction of sp³-hybridized carbons (Fsp3) is 0.533. The Morgan fingerprint density at radius 1 is 1.50 bits per heavy atom. The van der Waals surface area contributed by atoms with Crippen molar-refractivity contribution in [3.05, 3.63) is 29.3 Å². The summed E-state index contributed by atoms with van der Waals surface area (Å²) in [5.74, 6) is -0.137. The smallest absolute Gasteiger partial charge is 0.306 e. The van der Waals surface area contributed by atoms with Gasteiger partial charge < -0.3 is 9.84 Å². The lowest BCUT2D eigenvalue weighted by atomic mass is 9.83. The Bertz CT molecular complexity index is 477. The second kappa shape index (κ2) is 4.30. The van der Waals surface area contributed by atoms with Crippen molar-refractivity contribution in [1.29, 1.82) is 0 Å². The van der Waals surface area contributed by atoms with Crippen LogP contribution in [0.1, 0.15) is 44.2 Å². The van der Waals surface area contributed by atoms with E-state index in [9.17, 15) is 9.90 Å². The summed E-state index contributed by atoms with van der Waals surface area (Å²) in [6.45, 7) is 6.13. The average molecular weight is 248 g/mol. The number of fused-ring (bicyclic) bond motifs is 1. The summed E-state index contributed by atoms with van der Waals surface area (Å²) in [5, 5.41) is 9.21. The van der Waals surface area contributed by atoms with Crippen LogP contribution in [-0.2, 0) is 10.2 Å². The molecule has 1 N–H and O–H groups in total. The van der Waals surface area contributed by atoms with Crippen molar-refractivity contribution in [3.63, 3.8) is 0 Å². The van der Waals surface area contributed by atoms with Crippen molar-refractivity contribution in [2.24, 2.45) is 5.92 Å². The normalized spacial score (nSPS) is 22.3. The van der Waals surface area contributed by atoms with E-state index >= 15 is 0 Å². The number of carbonyl (C=O) groups is 1. The van der Waals surface area contributed by atoms with Gasteiger partial charge >= 0.3 is 5.97 Å². The summed E-state index contributed by atoms with van der Waals surface area (Å²) in [5.41, 5.74) is 2.40. The molecule has 18 heavy (non-hydrogen) atoms. The minimum atomic E-state index is -0.723. The van der Waals surface area contributed by atoms with Crippen LogP contribution in [0.2, 0.25) is 0 Å². The second-order valence-corrected chi connectivity index (χ2v) is 5.77. The monoisotopic (exact) mass is 248 g/mol. The summed E-state index contributed by atoms with van der Waals surface area (Å²) in [6, 6.07) is 5.98. The Balaban J connectivity index is 2.47. The lowest BCUT2D eigenvalue weighted by Gasteiger charge is -2.20. The molecule has 1 aromatic carbocycles. The van der Waals surface area contributed by atoms with Crippen molar-refractivity contribution in [2.75, 3.05) is 7.11 Å². The summed E-state index contributed by atoms with van der Waals surface area (Å²) < 4.78 is 5.26. The van der Waals surface area contributed by atoms with Crippen LogP contribution in [0.25, 0.3) is 0 Å². The minimum absolute atomic E-state index is 0.0122. The highest BCUT2D eigenvalue weighted by Crippen LogP contribution is 2.49. The number of carboxylic acid groups (broad SMARTS) is 1. The maximum atomic E-state index is 11.2. The second-order valence-electron chi connectivity index (χ2n) is 5.77. The lowest BCUT2D eigenvalue weighted by molar-refractivity contribution is -0.141. The maximum absolute atomic E-state index is 11.2. The quantitative estimate of drug-likeness (QED) is 0.893. The predicted molar refractivity (Wildman–Crippen MR) is 70.2 cm³/mol. The van der Waals surface area contributed by atoms with E-state index in [0.29, 0.717) is 0 Å². The zero-order valence-corrected chi connectivity index (χ0v) is 11.4. The first-order valence-corrected chi connectivity index (χ1v) is 6.28. The number of aliphatic carboxylic acids is 1. The van der Waals surface area contributed by atoms with E-state index in [1.807, 2.05) is 18.2 Å². The van der Waals surface area contributed by atoms with Crippen LogP contribution in [0, 0.1) is 5.92 Å². The summed E-state index contributed by atoms with van der Waals surface area (Å²) in [6.07, 6.45) is 0.878. The molecule has 0 aromatic heterocycles. The maximum Gasteiger partial charge on any atom is 0.306 e. The van der Waals surface area contributed by atoms with E-state index in [1.54, 1.807) is 14.0 Å². The van der Waals surface area contributed by atoms with Gasteiger partial charge in [-0.1, -0.05) is 26.8 Å². The molecule has 2 unspecified atom stereocenters. The fourth-order valence-electron chi connectivity index (χ4n) is 2.96. The van der Waals surface area contributed by atoms with Gasteiger partial charge in [-0.05, 0) is 41.0 Å². The molecular formula is C15H20O3. The third kappa shape index (κ3) is 1.98. The highest BCUT2D eigenvalue weighted by atomic mass is 16.5. The molecule has 0 heterocycles. The van der Waals surface area contributed by atoms with Gasteiger partial charge in [0.2, 0.25) is 0 Å². The molecule has 3 heteroatoms. The van der Waals surface area contributed by atoms with Crippen molar-refractivity contribution in [1.82, 2.24) is 0 Å². The largest absolute Gasteiger partial charge is 0.497 e. The molecule has 2 atom stereocenters. The molecule has 1 aliphatic carbocycles. The van der Waals surface area contributed by atoms with Gasteiger partial charge in [0.25, 0.3) is 0 Å². The number of rotatable bonds is 3. The SMILES string of the molecule is COc1ccc2c(c1)C(C)(C)CC2C(C)C(=O)O. The number of carboxylic acids is 1. The van der Waals surface area contributed by atoms with Crippen LogP contribution in [-0.4, -0.2) is 18.2 Å². The molecule has 0 radical (unpaired) electrons. The van der Waals surface area contributed by atoms with E-state index in [-0.39, 0.29) is 17.3 Å². The van der Waals surface area contributed by atoms with Gasteiger partial charge in [0, 0.05) is 0 Å². The molecule has 3 nitrogen and oxygen atoms in total. The Labute approximate surface area is 108 Å². The summed E-state index contributed by atoms with van der Waals surface area (Å²) in [4.78, 5) is 11.2. The topological polar surface area (TPSA) is 46.5 Å². The van der Waals surface area contributed by atoms with Crippen molar-refractivity contribution in [3.8, 4) is 5.75 Å². The van der Waals surface area contributed by atoms with E-state index in [2.05, 4.69) is 13.8 Å². The van der Waals surface area contributed by atoms with Gasteiger partial charge in [0.05, 0.1) is 13.0 Å². The zero-order chi connectivity index (χ0) is 13.5. The van der Waals surface area contributed by atoms with E-state index < -0.39 is 5.97 Å². The Hall–Kier alpha value is -1.51. The number of ether oxygens (including phenoxy) is 1. The molecule has 1 aromatic rings. The van der Waals surface area contributed by atoms with Crippen LogP contribution in [0.4, 0.5) is 0 Å². The van der Waals surface area contributed by atoms with Gasteiger partial charge in [0.1, 0.15) is 5.75 Å². The van der Waals surface area contributed by atoms with E-state index in [4.69, 9.17) is 4.74 Å². The van der Waals surface area contributed by atoms with Crippen LogP contribution in [0.5, 0.6) is 5.75 Å². The third-order valence-electron chi connectivity index (χ3n) is 4.11. The van der Waals surface area contributed by atoms with Crippen molar-refractivity contribution in [2.45, 2.75) is 38.5 Å². The van der Waals surface area contributed by atoms with Crippen LogP contribution >= 0.6 is 0 Å². The first kappa shape index (κ1) is 12.9. The van der Waals surface area contributed by atoms with Gasteiger partial charge in [-0.25, -0.2) is 0 Å².